The van der Waals surface area contributed by atoms with Crippen LogP contribution in [0, 0.1) is 25.5 Å². The molecule has 3 rings (SSSR count). The number of ether oxygens (including phenoxy) is 1. The molecule has 4 heteroatoms. The zero-order valence-electron chi connectivity index (χ0n) is 13.5. The van der Waals surface area contributed by atoms with E-state index in [1.165, 1.54) is 17.7 Å². The third kappa shape index (κ3) is 3.77. The van der Waals surface area contributed by atoms with Gasteiger partial charge >= 0.3 is 0 Å². The van der Waals surface area contributed by atoms with Crippen LogP contribution in [0.15, 0.2) is 54.9 Å². The van der Waals surface area contributed by atoms with E-state index in [0.717, 1.165) is 22.9 Å². The fourth-order valence-electron chi connectivity index (χ4n) is 2.42. The Labute approximate surface area is 139 Å². The summed E-state index contributed by atoms with van der Waals surface area (Å²) in [5.74, 6) is -0.441. The molecule has 0 bridgehead atoms. The predicted molar refractivity (Wildman–Crippen MR) is 89.8 cm³/mol. The van der Waals surface area contributed by atoms with Gasteiger partial charge in [0.15, 0.2) is 0 Å². The smallest absolute Gasteiger partial charge is 0.126 e. The summed E-state index contributed by atoms with van der Waals surface area (Å²) in [6.45, 7) is 4.41. The number of benzene rings is 2. The van der Waals surface area contributed by atoms with Crippen molar-refractivity contribution < 1.29 is 13.5 Å². The zero-order chi connectivity index (χ0) is 17.1. The minimum Gasteiger partial charge on any atom is -0.489 e. The van der Waals surface area contributed by atoms with E-state index in [1.807, 2.05) is 38.1 Å². The first-order valence-electron chi connectivity index (χ1n) is 7.62. The highest BCUT2D eigenvalue weighted by molar-refractivity contribution is 5.63. The second-order valence-corrected chi connectivity index (χ2v) is 5.77. The number of hydrogen-bond donors (Lipinski definition) is 0. The molecule has 1 heterocycles. The summed E-state index contributed by atoms with van der Waals surface area (Å²) < 4.78 is 32.5. The van der Waals surface area contributed by atoms with Crippen molar-refractivity contribution >= 4 is 0 Å². The van der Waals surface area contributed by atoms with E-state index in [1.54, 1.807) is 12.4 Å². The van der Waals surface area contributed by atoms with Gasteiger partial charge in [-0.3, -0.25) is 4.98 Å². The SMILES string of the molecule is Cc1ccc(OCc2cncc(-c3cc(F)cc(F)c3)c2)cc1C. The second-order valence-electron chi connectivity index (χ2n) is 5.77. The third-order valence-electron chi connectivity index (χ3n) is 3.87. The number of hydrogen-bond acceptors (Lipinski definition) is 2. The van der Waals surface area contributed by atoms with Gasteiger partial charge in [0.25, 0.3) is 0 Å². The Kier molecular flexibility index (Phi) is 4.56. The van der Waals surface area contributed by atoms with E-state index < -0.39 is 11.6 Å². The number of pyridine rings is 1. The molecule has 122 valence electrons. The normalized spacial score (nSPS) is 10.7. The van der Waals surface area contributed by atoms with Gasteiger partial charge in [0.1, 0.15) is 24.0 Å². The molecule has 24 heavy (non-hydrogen) atoms. The molecule has 2 aromatic carbocycles. The summed E-state index contributed by atoms with van der Waals surface area (Å²) >= 11 is 0. The summed E-state index contributed by atoms with van der Waals surface area (Å²) in [5.41, 5.74) is 4.30. The standard InChI is InChI=1S/C20H17F2NO/c1-13-3-4-20(5-14(13)2)24-12-15-6-17(11-23-10-15)16-7-18(21)9-19(22)8-16/h3-11H,12H2,1-2H3. The molecular formula is C20H17F2NO. The van der Waals surface area contributed by atoms with Crippen LogP contribution >= 0.6 is 0 Å². The third-order valence-corrected chi connectivity index (χ3v) is 3.87. The second kappa shape index (κ2) is 6.79. The number of aryl methyl sites for hydroxylation is 2. The first-order chi connectivity index (χ1) is 11.5. The van der Waals surface area contributed by atoms with Crippen molar-refractivity contribution in [2.75, 3.05) is 0 Å². The van der Waals surface area contributed by atoms with Crippen molar-refractivity contribution in [1.29, 1.82) is 0 Å². The van der Waals surface area contributed by atoms with E-state index in [-0.39, 0.29) is 0 Å². The van der Waals surface area contributed by atoms with Crippen LogP contribution in [0.2, 0.25) is 0 Å². The molecule has 0 aliphatic carbocycles. The van der Waals surface area contributed by atoms with Crippen molar-refractivity contribution in [3.63, 3.8) is 0 Å². The first kappa shape index (κ1) is 16.1. The molecule has 0 N–H and O–H groups in total. The van der Waals surface area contributed by atoms with Gasteiger partial charge in [-0.1, -0.05) is 6.07 Å². The van der Waals surface area contributed by atoms with Gasteiger partial charge in [-0.25, -0.2) is 8.78 Å². The Hall–Kier alpha value is -2.75. The molecule has 0 radical (unpaired) electrons. The van der Waals surface area contributed by atoms with Crippen LogP contribution in [-0.2, 0) is 6.61 Å². The molecule has 0 atom stereocenters. The van der Waals surface area contributed by atoms with Gasteiger partial charge < -0.3 is 4.74 Å². The van der Waals surface area contributed by atoms with E-state index >= 15 is 0 Å². The lowest BCUT2D eigenvalue weighted by atomic mass is 10.1. The number of halogens is 2. The first-order valence-corrected chi connectivity index (χ1v) is 7.62. The maximum Gasteiger partial charge on any atom is 0.126 e. The van der Waals surface area contributed by atoms with Crippen molar-refractivity contribution in [2.24, 2.45) is 0 Å². The van der Waals surface area contributed by atoms with E-state index in [9.17, 15) is 8.78 Å². The maximum absolute atomic E-state index is 13.4. The van der Waals surface area contributed by atoms with Crippen LogP contribution in [0.1, 0.15) is 16.7 Å². The summed E-state index contributed by atoms with van der Waals surface area (Å²) in [4.78, 5) is 4.14. The molecule has 0 saturated carbocycles. The highest BCUT2D eigenvalue weighted by atomic mass is 19.1. The van der Waals surface area contributed by atoms with Gasteiger partial charge in [0.2, 0.25) is 0 Å². The lowest BCUT2D eigenvalue weighted by molar-refractivity contribution is 0.305. The van der Waals surface area contributed by atoms with Gasteiger partial charge in [-0.05, 0) is 60.9 Å². The Morgan fingerprint density at radius 2 is 1.58 bits per heavy atom. The van der Waals surface area contributed by atoms with Crippen molar-refractivity contribution in [1.82, 2.24) is 4.98 Å². The molecule has 1 aromatic heterocycles. The van der Waals surface area contributed by atoms with E-state index in [2.05, 4.69) is 4.98 Å². The predicted octanol–water partition coefficient (Wildman–Crippen LogP) is 5.22. The highest BCUT2D eigenvalue weighted by Crippen LogP contribution is 2.23. The van der Waals surface area contributed by atoms with Crippen molar-refractivity contribution in [3.05, 3.63) is 83.2 Å². The Morgan fingerprint density at radius 1 is 0.833 bits per heavy atom. The molecule has 0 spiro atoms. The molecule has 2 nitrogen and oxygen atoms in total. The fourth-order valence-corrected chi connectivity index (χ4v) is 2.42. The lowest BCUT2D eigenvalue weighted by Gasteiger charge is -2.09. The molecule has 0 fully saturated rings. The molecular weight excluding hydrogens is 308 g/mol. The highest BCUT2D eigenvalue weighted by Gasteiger charge is 2.06. The molecule has 0 aliphatic heterocycles. The minimum atomic E-state index is -0.609. The summed E-state index contributed by atoms with van der Waals surface area (Å²) in [6.07, 6.45) is 3.26. The van der Waals surface area contributed by atoms with Crippen LogP contribution < -0.4 is 4.74 Å². The number of rotatable bonds is 4. The van der Waals surface area contributed by atoms with Crippen LogP contribution in [0.3, 0.4) is 0 Å². The van der Waals surface area contributed by atoms with Crippen LogP contribution in [0.5, 0.6) is 5.75 Å². The summed E-state index contributed by atoms with van der Waals surface area (Å²) in [5, 5.41) is 0. The molecule has 3 aromatic rings. The van der Waals surface area contributed by atoms with Crippen LogP contribution in [0.25, 0.3) is 11.1 Å². The van der Waals surface area contributed by atoms with Crippen LogP contribution in [0.4, 0.5) is 8.78 Å². The van der Waals surface area contributed by atoms with Gasteiger partial charge in [0, 0.05) is 29.6 Å². The Bertz CT molecular complexity index is 857. The lowest BCUT2D eigenvalue weighted by Crippen LogP contribution is -1.97. The Morgan fingerprint density at radius 3 is 2.29 bits per heavy atom. The fraction of sp³-hybridized carbons (Fsp3) is 0.150. The minimum absolute atomic E-state index is 0.334. The van der Waals surface area contributed by atoms with Crippen molar-refractivity contribution in [2.45, 2.75) is 20.5 Å². The van der Waals surface area contributed by atoms with Crippen LogP contribution in [-0.4, -0.2) is 4.98 Å². The number of aromatic nitrogens is 1. The molecule has 0 aliphatic rings. The van der Waals surface area contributed by atoms with Gasteiger partial charge in [-0.15, -0.1) is 0 Å². The average molecular weight is 325 g/mol. The van der Waals surface area contributed by atoms with Crippen molar-refractivity contribution in [3.8, 4) is 16.9 Å². The van der Waals surface area contributed by atoms with Gasteiger partial charge in [0.05, 0.1) is 0 Å². The zero-order valence-corrected chi connectivity index (χ0v) is 13.5. The topological polar surface area (TPSA) is 22.1 Å². The quantitative estimate of drug-likeness (QED) is 0.656. The molecule has 0 saturated heterocycles. The van der Waals surface area contributed by atoms with Gasteiger partial charge in [-0.2, -0.15) is 0 Å². The Balaban J connectivity index is 1.79. The summed E-state index contributed by atoms with van der Waals surface area (Å²) in [7, 11) is 0. The summed E-state index contributed by atoms with van der Waals surface area (Å²) in [6, 6.07) is 11.2. The largest absolute Gasteiger partial charge is 0.489 e. The molecule has 0 unspecified atom stereocenters. The monoisotopic (exact) mass is 325 g/mol. The average Bonchev–Trinajstić information content (AvgIpc) is 2.55. The van der Waals surface area contributed by atoms with E-state index in [0.29, 0.717) is 17.7 Å². The maximum atomic E-state index is 13.4. The number of nitrogens with zero attached hydrogens (tertiary/aromatic N) is 1. The molecule has 0 amide bonds. The van der Waals surface area contributed by atoms with E-state index in [4.69, 9.17) is 4.74 Å².